The highest BCUT2D eigenvalue weighted by atomic mass is 31.2. The summed E-state index contributed by atoms with van der Waals surface area (Å²) in [5.74, 6) is -0.631. The van der Waals surface area contributed by atoms with Crippen LogP contribution in [0.4, 0.5) is 0 Å². The van der Waals surface area contributed by atoms with Crippen LogP contribution < -0.4 is 10.2 Å². The Morgan fingerprint density at radius 3 is 1.23 bits per heavy atom. The molecule has 3 atom stereocenters. The number of phosphoric ester groups is 1. The minimum Gasteiger partial charge on any atom is -0.756 e. The summed E-state index contributed by atoms with van der Waals surface area (Å²) >= 11 is 0. The number of unbranched alkanes of at least 4 members (excludes halogenated alkanes) is 33. The van der Waals surface area contributed by atoms with Crippen LogP contribution in [0.15, 0.2) is 72.9 Å². The van der Waals surface area contributed by atoms with Crippen LogP contribution in [0, 0.1) is 0 Å². The summed E-state index contributed by atoms with van der Waals surface area (Å²) in [5.41, 5.74) is 0. The third-order valence-corrected chi connectivity index (χ3v) is 15.4. The van der Waals surface area contributed by atoms with E-state index < -0.39 is 26.6 Å². The maximum Gasteiger partial charge on any atom is 0.306 e. The number of amides is 1. The molecule has 0 aromatic rings. The molecule has 1 amide bonds. The van der Waals surface area contributed by atoms with Crippen molar-refractivity contribution in [2.24, 2.45) is 0 Å². The highest BCUT2D eigenvalue weighted by Crippen LogP contribution is 2.38. The van der Waals surface area contributed by atoms with E-state index in [4.69, 9.17) is 13.8 Å². The number of esters is 1. The molecule has 0 aliphatic carbocycles. The van der Waals surface area contributed by atoms with Crippen molar-refractivity contribution in [3.8, 4) is 0 Å². The quantitative estimate of drug-likeness (QED) is 0.0212. The topological polar surface area (TPSA) is 114 Å². The molecule has 0 aromatic carbocycles. The Labute approximate surface area is 483 Å². The zero-order valence-corrected chi connectivity index (χ0v) is 52.8. The van der Waals surface area contributed by atoms with Crippen LogP contribution >= 0.6 is 7.82 Å². The van der Waals surface area contributed by atoms with Crippen LogP contribution in [0.1, 0.15) is 297 Å². The monoisotopic (exact) mass is 1110 g/mol. The third-order valence-electron chi connectivity index (χ3n) is 14.4. The molecule has 0 fully saturated rings. The molecule has 0 rings (SSSR count). The summed E-state index contributed by atoms with van der Waals surface area (Å²) < 4.78 is 30.3. The van der Waals surface area contributed by atoms with E-state index in [0.29, 0.717) is 17.4 Å². The highest BCUT2D eigenvalue weighted by molar-refractivity contribution is 7.45. The first-order valence-corrected chi connectivity index (χ1v) is 34.2. The second kappa shape index (κ2) is 57.7. The first kappa shape index (κ1) is 75.5. The molecule has 454 valence electrons. The Morgan fingerprint density at radius 2 is 0.833 bits per heavy atom. The van der Waals surface area contributed by atoms with Crippen molar-refractivity contribution < 1.29 is 37.3 Å². The van der Waals surface area contributed by atoms with Gasteiger partial charge in [-0.25, -0.2) is 0 Å². The van der Waals surface area contributed by atoms with Gasteiger partial charge < -0.3 is 28.5 Å². The molecule has 0 spiro atoms. The van der Waals surface area contributed by atoms with Crippen molar-refractivity contribution >= 4 is 19.7 Å². The van der Waals surface area contributed by atoms with Gasteiger partial charge in [0, 0.05) is 12.8 Å². The summed E-state index contributed by atoms with van der Waals surface area (Å²) in [6, 6.07) is -0.928. The van der Waals surface area contributed by atoms with Gasteiger partial charge in [0.15, 0.2) is 0 Å². The number of rotatable bonds is 59. The Morgan fingerprint density at radius 1 is 0.462 bits per heavy atom. The molecule has 9 nitrogen and oxygen atoms in total. The summed E-state index contributed by atoms with van der Waals surface area (Å²) in [6.45, 7) is 6.69. The fourth-order valence-corrected chi connectivity index (χ4v) is 10.1. The average molecular weight is 1110 g/mol. The summed E-state index contributed by atoms with van der Waals surface area (Å²) in [7, 11) is 1.14. The standard InChI is InChI=1S/C68H125N2O7P/c1-7-10-13-16-19-22-25-27-29-31-32-33-34-35-36-37-38-39-41-43-46-49-52-55-58-61-68(72)77-66(59-56-53-50-47-44-24-21-18-15-12-9-3)65(64-76-78(73,74)75-63-62-70(4,5)6)69-67(71)60-57-54-51-48-45-42-40-30-28-26-23-20-17-14-11-8-2/h11,14,20,23,28,30,42,45,51,54,56,59,65-66H,7-10,12-13,15-19,21-22,24-27,29,31-41,43-44,46-50,52-53,55,57-58,60-64H2,1-6H3,(H-,69,71,73,74)/b14-11+,23-20+,30-28+,45-42+,54-51+,59-56-. The molecule has 78 heavy (non-hydrogen) atoms. The van der Waals surface area contributed by atoms with Crippen molar-refractivity contribution in [2.75, 3.05) is 40.9 Å². The second-order valence-corrected chi connectivity index (χ2v) is 24.7. The van der Waals surface area contributed by atoms with Crippen LogP contribution in [-0.4, -0.2) is 69.4 Å². The van der Waals surface area contributed by atoms with Crippen molar-refractivity contribution in [1.29, 1.82) is 0 Å². The van der Waals surface area contributed by atoms with Gasteiger partial charge in [-0.3, -0.25) is 14.2 Å². The maximum absolute atomic E-state index is 13.5. The predicted octanol–water partition coefficient (Wildman–Crippen LogP) is 19.8. The van der Waals surface area contributed by atoms with Crippen molar-refractivity contribution in [3.63, 3.8) is 0 Å². The van der Waals surface area contributed by atoms with Crippen molar-refractivity contribution in [1.82, 2.24) is 5.32 Å². The van der Waals surface area contributed by atoms with Gasteiger partial charge in [0.2, 0.25) is 5.91 Å². The van der Waals surface area contributed by atoms with Crippen LogP contribution in [0.25, 0.3) is 0 Å². The molecule has 0 aliphatic rings. The van der Waals surface area contributed by atoms with E-state index in [0.717, 1.165) is 70.6 Å². The maximum atomic E-state index is 13.5. The zero-order valence-electron chi connectivity index (χ0n) is 51.9. The minimum absolute atomic E-state index is 0.0365. The number of nitrogens with one attached hydrogen (secondary N) is 1. The van der Waals surface area contributed by atoms with E-state index >= 15 is 0 Å². The van der Waals surface area contributed by atoms with Gasteiger partial charge in [0.05, 0.1) is 33.8 Å². The lowest BCUT2D eigenvalue weighted by Gasteiger charge is -2.30. The average Bonchev–Trinajstić information content (AvgIpc) is 3.40. The molecule has 1 N–H and O–H groups in total. The van der Waals surface area contributed by atoms with E-state index in [1.807, 2.05) is 45.4 Å². The number of hydrogen-bond acceptors (Lipinski definition) is 7. The molecule has 0 saturated heterocycles. The summed E-state index contributed by atoms with van der Waals surface area (Å²) in [6.07, 6.45) is 74.8. The molecule has 3 unspecified atom stereocenters. The Kier molecular flexibility index (Phi) is 55.8. The molecule has 10 heteroatoms. The summed E-state index contributed by atoms with van der Waals surface area (Å²) in [5, 5.41) is 2.98. The first-order valence-electron chi connectivity index (χ1n) is 32.7. The fourth-order valence-electron chi connectivity index (χ4n) is 9.39. The first-order chi connectivity index (χ1) is 37.9. The molecule has 0 aliphatic heterocycles. The fraction of sp³-hybridized carbons (Fsp3) is 0.794. The normalized spacial score (nSPS) is 14.1. The molecular weight excluding hydrogens is 988 g/mol. The van der Waals surface area contributed by atoms with Gasteiger partial charge in [0.1, 0.15) is 19.3 Å². The lowest BCUT2D eigenvalue weighted by atomic mass is 10.0. The van der Waals surface area contributed by atoms with Crippen LogP contribution in [0.3, 0.4) is 0 Å². The molecule has 0 saturated carbocycles. The zero-order chi connectivity index (χ0) is 57.2. The van der Waals surface area contributed by atoms with Crippen LogP contribution in [0.5, 0.6) is 0 Å². The lowest BCUT2D eigenvalue weighted by molar-refractivity contribution is -0.870. The number of carbonyl (C=O) groups is 2. The van der Waals surface area contributed by atoms with E-state index in [1.54, 1.807) is 0 Å². The number of allylic oxidation sites excluding steroid dienone is 11. The molecule has 0 aromatic heterocycles. The van der Waals surface area contributed by atoms with Crippen molar-refractivity contribution in [3.05, 3.63) is 72.9 Å². The Bertz CT molecular complexity index is 1570. The Balaban J connectivity index is 5.11. The van der Waals surface area contributed by atoms with Gasteiger partial charge in [-0.15, -0.1) is 0 Å². The van der Waals surface area contributed by atoms with Gasteiger partial charge in [-0.05, 0) is 63.9 Å². The van der Waals surface area contributed by atoms with E-state index in [2.05, 4.69) is 74.7 Å². The third kappa shape index (κ3) is 58.1. The van der Waals surface area contributed by atoms with E-state index in [-0.39, 0.29) is 31.3 Å². The van der Waals surface area contributed by atoms with Crippen molar-refractivity contribution in [2.45, 2.75) is 309 Å². The molecule has 0 bridgehead atoms. The number of quaternary nitrogens is 1. The largest absolute Gasteiger partial charge is 0.756 e. The smallest absolute Gasteiger partial charge is 0.306 e. The van der Waals surface area contributed by atoms with Gasteiger partial charge in [-0.2, -0.15) is 0 Å². The lowest BCUT2D eigenvalue weighted by Crippen LogP contribution is -2.47. The van der Waals surface area contributed by atoms with Crippen LogP contribution in [0.2, 0.25) is 0 Å². The SMILES string of the molecule is CC/C=C/C/C=C/C/C=C/C/C=C/C/C=C/CCC(=O)NC(COP(=O)([O-])OCC[N+](C)(C)C)C(/C=C\CCCCCCCCCCC)OC(=O)CCCCCCCCCCCCCCCCCCCCCCCCCCC. The van der Waals surface area contributed by atoms with Gasteiger partial charge >= 0.3 is 5.97 Å². The van der Waals surface area contributed by atoms with Gasteiger partial charge in [0.25, 0.3) is 7.82 Å². The van der Waals surface area contributed by atoms with E-state index in [9.17, 15) is 19.0 Å². The molecule has 0 heterocycles. The molecule has 0 radical (unpaired) electrons. The molecular formula is C68H125N2O7P. The minimum atomic E-state index is -4.72. The van der Waals surface area contributed by atoms with Gasteiger partial charge in [-0.1, -0.05) is 293 Å². The number of carbonyl (C=O) groups excluding carboxylic acids is 2. The Hall–Kier alpha value is -2.55. The number of nitrogens with zero attached hydrogens (tertiary/aromatic N) is 1. The highest BCUT2D eigenvalue weighted by Gasteiger charge is 2.27. The number of likely N-dealkylation sites (N-methyl/N-ethyl adjacent to an activating group) is 1. The van der Waals surface area contributed by atoms with Crippen LogP contribution in [-0.2, 0) is 27.9 Å². The summed E-state index contributed by atoms with van der Waals surface area (Å²) in [4.78, 5) is 39.9. The number of phosphoric acid groups is 1. The predicted molar refractivity (Wildman–Crippen MR) is 335 cm³/mol. The number of ether oxygens (including phenoxy) is 1. The van der Waals surface area contributed by atoms with E-state index in [1.165, 1.54) is 186 Å². The second-order valence-electron chi connectivity index (χ2n) is 23.2. The number of hydrogen-bond donors (Lipinski definition) is 1.